The average molecular weight is 435 g/mol. The number of imide groups is 1. The molecule has 30 heavy (non-hydrogen) atoms. The van der Waals surface area contributed by atoms with E-state index in [0.29, 0.717) is 22.9 Å². The standard InChI is InChI=1S/C23H18N2O3S2/c26-22(21-13-17-9-4-5-12-20(17)30-21)25(29)23(27)24-18-10-6-11-19(14-18)28-15-16-7-2-1-3-8-16/h1-14,29H,15H2,(H,24,27). The molecule has 0 fully saturated rings. The summed E-state index contributed by atoms with van der Waals surface area (Å²) in [6, 6.07) is 25.6. The molecule has 0 saturated carbocycles. The first-order chi connectivity index (χ1) is 14.6. The highest BCUT2D eigenvalue weighted by molar-refractivity contribution is 7.79. The van der Waals surface area contributed by atoms with Gasteiger partial charge in [-0.1, -0.05) is 67.4 Å². The summed E-state index contributed by atoms with van der Waals surface area (Å²) in [4.78, 5) is 25.6. The molecule has 3 aromatic carbocycles. The second-order valence-electron chi connectivity index (χ2n) is 6.50. The molecule has 3 amide bonds. The zero-order chi connectivity index (χ0) is 20.9. The number of carbonyl (C=O) groups excluding carboxylic acids is 2. The lowest BCUT2D eigenvalue weighted by Crippen LogP contribution is -2.32. The molecule has 0 aliphatic carbocycles. The molecule has 0 aliphatic heterocycles. The Morgan fingerprint density at radius 1 is 0.933 bits per heavy atom. The number of fused-ring (bicyclic) bond motifs is 1. The van der Waals surface area contributed by atoms with Gasteiger partial charge in [0.05, 0.1) is 4.88 Å². The summed E-state index contributed by atoms with van der Waals surface area (Å²) in [6.07, 6.45) is 0. The number of nitrogens with zero attached hydrogens (tertiary/aromatic N) is 1. The van der Waals surface area contributed by atoms with Crippen molar-refractivity contribution in [1.82, 2.24) is 4.31 Å². The number of hydrogen-bond donors (Lipinski definition) is 2. The summed E-state index contributed by atoms with van der Waals surface area (Å²) in [5.74, 6) is 0.131. The maximum Gasteiger partial charge on any atom is 0.338 e. The number of carbonyl (C=O) groups is 2. The van der Waals surface area contributed by atoms with Crippen LogP contribution >= 0.6 is 24.2 Å². The second-order valence-corrected chi connectivity index (χ2v) is 7.98. The molecular weight excluding hydrogens is 416 g/mol. The molecule has 0 radical (unpaired) electrons. The van der Waals surface area contributed by atoms with Gasteiger partial charge in [0.1, 0.15) is 12.4 Å². The van der Waals surface area contributed by atoms with Crippen LogP contribution in [0.15, 0.2) is 84.9 Å². The Hall–Kier alpha value is -3.29. The van der Waals surface area contributed by atoms with Crippen molar-refractivity contribution < 1.29 is 14.3 Å². The van der Waals surface area contributed by atoms with Gasteiger partial charge in [-0.25, -0.2) is 9.10 Å². The monoisotopic (exact) mass is 434 g/mol. The molecule has 0 bridgehead atoms. The maximum atomic E-state index is 12.6. The Morgan fingerprint density at radius 2 is 1.70 bits per heavy atom. The summed E-state index contributed by atoms with van der Waals surface area (Å²) in [5.41, 5.74) is 1.55. The molecule has 0 saturated heterocycles. The fraction of sp³-hybridized carbons (Fsp3) is 0.0435. The van der Waals surface area contributed by atoms with E-state index in [1.807, 2.05) is 54.6 Å². The maximum absolute atomic E-state index is 12.6. The van der Waals surface area contributed by atoms with Crippen molar-refractivity contribution in [2.75, 3.05) is 5.32 Å². The summed E-state index contributed by atoms with van der Waals surface area (Å²) in [7, 11) is 0. The van der Waals surface area contributed by atoms with Crippen molar-refractivity contribution in [2.24, 2.45) is 0 Å². The first kappa shape index (κ1) is 20.0. The molecule has 1 heterocycles. The number of amides is 3. The van der Waals surface area contributed by atoms with Gasteiger partial charge in [-0.15, -0.1) is 11.3 Å². The number of urea groups is 1. The minimum Gasteiger partial charge on any atom is -0.489 e. The van der Waals surface area contributed by atoms with Crippen LogP contribution in [-0.2, 0) is 6.61 Å². The lowest BCUT2D eigenvalue weighted by molar-refractivity contribution is 0.0906. The first-order valence-electron chi connectivity index (χ1n) is 9.20. The Labute approximate surface area is 183 Å². The minimum atomic E-state index is -0.638. The predicted octanol–water partition coefficient (Wildman–Crippen LogP) is 6.00. The molecule has 4 aromatic rings. The molecule has 4 rings (SSSR count). The van der Waals surface area contributed by atoms with Gasteiger partial charge >= 0.3 is 6.03 Å². The van der Waals surface area contributed by atoms with E-state index in [1.165, 1.54) is 11.3 Å². The van der Waals surface area contributed by atoms with Gasteiger partial charge in [0.2, 0.25) is 0 Å². The van der Waals surface area contributed by atoms with E-state index in [4.69, 9.17) is 4.74 Å². The van der Waals surface area contributed by atoms with Crippen LogP contribution in [0.4, 0.5) is 10.5 Å². The van der Waals surface area contributed by atoms with Gasteiger partial charge in [-0.3, -0.25) is 4.79 Å². The normalized spacial score (nSPS) is 10.6. The van der Waals surface area contributed by atoms with Gasteiger partial charge in [-0.2, -0.15) is 0 Å². The quantitative estimate of drug-likeness (QED) is 0.379. The predicted molar refractivity (Wildman–Crippen MR) is 123 cm³/mol. The number of ether oxygens (including phenoxy) is 1. The van der Waals surface area contributed by atoms with Crippen LogP contribution in [-0.4, -0.2) is 16.2 Å². The van der Waals surface area contributed by atoms with E-state index < -0.39 is 11.9 Å². The van der Waals surface area contributed by atoms with E-state index in [9.17, 15) is 9.59 Å². The van der Waals surface area contributed by atoms with E-state index in [0.717, 1.165) is 20.0 Å². The zero-order valence-electron chi connectivity index (χ0n) is 15.8. The van der Waals surface area contributed by atoms with Gasteiger partial charge in [0.15, 0.2) is 0 Å². The fourth-order valence-corrected chi connectivity index (χ4v) is 4.08. The van der Waals surface area contributed by atoms with Crippen molar-refractivity contribution in [3.8, 4) is 5.75 Å². The van der Waals surface area contributed by atoms with Crippen LogP contribution in [0.25, 0.3) is 10.1 Å². The van der Waals surface area contributed by atoms with E-state index in [-0.39, 0.29) is 0 Å². The van der Waals surface area contributed by atoms with Crippen LogP contribution in [0.1, 0.15) is 15.2 Å². The van der Waals surface area contributed by atoms with Gasteiger partial charge < -0.3 is 10.1 Å². The van der Waals surface area contributed by atoms with Crippen molar-refractivity contribution in [2.45, 2.75) is 6.61 Å². The summed E-state index contributed by atoms with van der Waals surface area (Å²) in [5, 5.41) is 3.63. The van der Waals surface area contributed by atoms with Crippen LogP contribution in [0, 0.1) is 0 Å². The Bertz CT molecular complexity index is 1160. The minimum absolute atomic E-state index is 0.418. The summed E-state index contributed by atoms with van der Waals surface area (Å²) in [6.45, 7) is 0.418. The second kappa shape index (κ2) is 9.02. The number of hydrogen-bond acceptors (Lipinski definition) is 5. The Balaban J connectivity index is 1.40. The fourth-order valence-electron chi connectivity index (χ4n) is 2.86. The number of benzene rings is 3. The number of anilines is 1. The van der Waals surface area contributed by atoms with E-state index in [1.54, 1.807) is 30.3 Å². The molecule has 7 heteroatoms. The number of rotatable bonds is 5. The first-order valence-corrected chi connectivity index (χ1v) is 10.4. The van der Waals surface area contributed by atoms with Crippen LogP contribution in [0.2, 0.25) is 0 Å². The summed E-state index contributed by atoms with van der Waals surface area (Å²) >= 11 is 5.43. The van der Waals surface area contributed by atoms with Gasteiger partial charge in [0, 0.05) is 16.5 Å². The molecule has 0 atom stereocenters. The van der Waals surface area contributed by atoms with Gasteiger partial charge in [0.25, 0.3) is 5.91 Å². The molecule has 150 valence electrons. The zero-order valence-corrected chi connectivity index (χ0v) is 17.5. The molecule has 1 aromatic heterocycles. The Morgan fingerprint density at radius 3 is 2.50 bits per heavy atom. The number of nitrogens with one attached hydrogen (secondary N) is 1. The molecular formula is C23H18N2O3S2. The highest BCUT2D eigenvalue weighted by Crippen LogP contribution is 2.27. The topological polar surface area (TPSA) is 58.6 Å². The van der Waals surface area contributed by atoms with Crippen molar-refractivity contribution in [3.05, 3.63) is 95.4 Å². The lowest BCUT2D eigenvalue weighted by atomic mass is 10.2. The highest BCUT2D eigenvalue weighted by atomic mass is 32.1. The van der Waals surface area contributed by atoms with Crippen molar-refractivity contribution in [3.63, 3.8) is 0 Å². The van der Waals surface area contributed by atoms with Crippen LogP contribution in [0.3, 0.4) is 0 Å². The van der Waals surface area contributed by atoms with Crippen LogP contribution < -0.4 is 10.1 Å². The lowest BCUT2D eigenvalue weighted by Gasteiger charge is -2.14. The summed E-state index contributed by atoms with van der Waals surface area (Å²) < 4.78 is 7.53. The number of thiophene rings is 1. The van der Waals surface area contributed by atoms with Crippen molar-refractivity contribution in [1.29, 1.82) is 0 Å². The molecule has 0 spiro atoms. The highest BCUT2D eigenvalue weighted by Gasteiger charge is 2.22. The van der Waals surface area contributed by atoms with Crippen molar-refractivity contribution >= 4 is 51.9 Å². The SMILES string of the molecule is O=C(Nc1cccc(OCc2ccccc2)c1)N(S)C(=O)c1cc2ccccc2s1. The molecule has 5 nitrogen and oxygen atoms in total. The molecule has 0 aliphatic rings. The van der Waals surface area contributed by atoms with Crippen LogP contribution in [0.5, 0.6) is 5.75 Å². The average Bonchev–Trinajstić information content (AvgIpc) is 3.22. The van der Waals surface area contributed by atoms with E-state index in [2.05, 4.69) is 18.1 Å². The third-order valence-corrected chi connectivity index (χ3v) is 5.82. The molecule has 1 N–H and O–H groups in total. The third-order valence-electron chi connectivity index (χ3n) is 4.35. The largest absolute Gasteiger partial charge is 0.489 e. The van der Waals surface area contributed by atoms with E-state index >= 15 is 0 Å². The smallest absolute Gasteiger partial charge is 0.338 e. The third kappa shape index (κ3) is 4.64. The Kier molecular flexibility index (Phi) is 6.02. The molecule has 0 unspecified atom stereocenters. The van der Waals surface area contributed by atoms with Gasteiger partial charge in [-0.05, 0) is 35.2 Å². The number of thiol groups is 1.